The molecule has 4 aromatic rings. The number of para-hydroxylation sites is 1. The molecular formula is C28H27N3O3. The van der Waals surface area contributed by atoms with Gasteiger partial charge in [-0.2, -0.15) is 0 Å². The molecule has 6 nitrogen and oxygen atoms in total. The molecule has 34 heavy (non-hydrogen) atoms. The van der Waals surface area contributed by atoms with E-state index in [4.69, 9.17) is 9.47 Å². The van der Waals surface area contributed by atoms with E-state index in [0.29, 0.717) is 23.7 Å². The van der Waals surface area contributed by atoms with Gasteiger partial charge in [-0.15, -0.1) is 0 Å². The molecule has 3 aromatic carbocycles. The van der Waals surface area contributed by atoms with Crippen LogP contribution in [0, 0.1) is 6.92 Å². The molecule has 0 fully saturated rings. The van der Waals surface area contributed by atoms with Gasteiger partial charge in [-0.1, -0.05) is 48.0 Å². The number of aryl methyl sites for hydroxylation is 1. The van der Waals surface area contributed by atoms with Gasteiger partial charge < -0.3 is 24.3 Å². The van der Waals surface area contributed by atoms with Crippen LogP contribution < -0.4 is 14.8 Å². The Morgan fingerprint density at radius 2 is 1.79 bits per heavy atom. The molecule has 0 bridgehead atoms. The smallest absolute Gasteiger partial charge is 0.323 e. The largest absolute Gasteiger partial charge is 0.497 e. The molecular weight excluding hydrogens is 426 g/mol. The van der Waals surface area contributed by atoms with Gasteiger partial charge in [0.05, 0.1) is 38.2 Å². The lowest BCUT2D eigenvalue weighted by Crippen LogP contribution is -2.38. The first-order valence-corrected chi connectivity index (χ1v) is 11.2. The maximum Gasteiger partial charge on any atom is 0.323 e. The predicted molar refractivity (Wildman–Crippen MR) is 133 cm³/mol. The quantitative estimate of drug-likeness (QED) is 0.416. The number of hydrogen-bond donors (Lipinski definition) is 1. The molecule has 1 N–H and O–H groups in total. The number of methoxy groups -OCH3 is 2. The number of nitrogens with one attached hydrogen (secondary N) is 1. The van der Waals surface area contributed by atoms with Gasteiger partial charge >= 0.3 is 6.03 Å². The second-order valence-corrected chi connectivity index (χ2v) is 8.37. The first-order valence-electron chi connectivity index (χ1n) is 11.2. The number of benzene rings is 3. The van der Waals surface area contributed by atoms with E-state index in [0.717, 1.165) is 28.1 Å². The van der Waals surface area contributed by atoms with Gasteiger partial charge in [0.1, 0.15) is 11.5 Å². The monoisotopic (exact) mass is 453 g/mol. The first-order chi connectivity index (χ1) is 16.6. The Bertz CT molecular complexity index is 1340. The Kier molecular flexibility index (Phi) is 5.72. The molecule has 0 unspecified atom stereocenters. The van der Waals surface area contributed by atoms with Crippen LogP contribution >= 0.6 is 0 Å². The summed E-state index contributed by atoms with van der Waals surface area (Å²) in [4.78, 5) is 15.8. The standard InChI is InChI=1S/C28H27N3O3/c1-19-8-6-10-20(16-19)27-25-12-7-15-30(25)24-11-5-4-9-21(24)18-31(27)28(32)29-23-14-13-22(33-2)17-26(23)34-3/h4-17,27H,18H2,1-3H3,(H,29,32)/t27-/m0/s1. The lowest BCUT2D eigenvalue weighted by Gasteiger charge is -2.31. The topological polar surface area (TPSA) is 55.7 Å². The lowest BCUT2D eigenvalue weighted by atomic mass is 10.00. The number of fused-ring (bicyclic) bond motifs is 3. The number of amides is 2. The van der Waals surface area contributed by atoms with E-state index in [1.165, 1.54) is 0 Å². The van der Waals surface area contributed by atoms with E-state index in [-0.39, 0.29) is 12.1 Å². The summed E-state index contributed by atoms with van der Waals surface area (Å²) >= 11 is 0. The fraction of sp³-hybridized carbons (Fsp3) is 0.179. The van der Waals surface area contributed by atoms with Gasteiger partial charge in [-0.3, -0.25) is 0 Å². The fourth-order valence-corrected chi connectivity index (χ4v) is 4.62. The van der Waals surface area contributed by atoms with Gasteiger partial charge in [0.25, 0.3) is 0 Å². The van der Waals surface area contributed by atoms with Crippen LogP contribution in [0.2, 0.25) is 0 Å². The zero-order chi connectivity index (χ0) is 23.7. The zero-order valence-electron chi connectivity index (χ0n) is 19.5. The minimum atomic E-state index is -0.272. The van der Waals surface area contributed by atoms with E-state index in [1.54, 1.807) is 32.4 Å². The average molecular weight is 454 g/mol. The number of rotatable bonds is 4. The Morgan fingerprint density at radius 1 is 0.941 bits per heavy atom. The van der Waals surface area contributed by atoms with Gasteiger partial charge in [-0.25, -0.2) is 4.79 Å². The normalized spacial score (nSPS) is 14.6. The Labute approximate surface area is 199 Å². The Hall–Kier alpha value is -4.19. The molecule has 0 saturated heterocycles. The number of ether oxygens (including phenoxy) is 2. The van der Waals surface area contributed by atoms with Crippen molar-refractivity contribution in [3.63, 3.8) is 0 Å². The van der Waals surface area contributed by atoms with Crippen molar-refractivity contribution < 1.29 is 14.3 Å². The van der Waals surface area contributed by atoms with Crippen molar-refractivity contribution in [2.45, 2.75) is 19.5 Å². The summed E-state index contributed by atoms with van der Waals surface area (Å²) < 4.78 is 13.0. The summed E-state index contributed by atoms with van der Waals surface area (Å²) in [6.07, 6.45) is 2.06. The van der Waals surface area contributed by atoms with Crippen LogP contribution in [-0.4, -0.2) is 29.7 Å². The third-order valence-electron chi connectivity index (χ3n) is 6.23. The molecule has 0 aliphatic carbocycles. The van der Waals surface area contributed by atoms with Crippen molar-refractivity contribution >= 4 is 11.7 Å². The van der Waals surface area contributed by atoms with Crippen molar-refractivity contribution in [2.24, 2.45) is 0 Å². The third-order valence-corrected chi connectivity index (χ3v) is 6.23. The maximum atomic E-state index is 13.9. The molecule has 1 aromatic heterocycles. The fourth-order valence-electron chi connectivity index (χ4n) is 4.62. The van der Waals surface area contributed by atoms with Crippen LogP contribution in [0.15, 0.2) is 85.1 Å². The predicted octanol–water partition coefficient (Wildman–Crippen LogP) is 5.94. The van der Waals surface area contributed by atoms with Gasteiger partial charge in [0, 0.05) is 18.0 Å². The van der Waals surface area contributed by atoms with Gasteiger partial charge in [0.15, 0.2) is 0 Å². The molecule has 1 aliphatic rings. The van der Waals surface area contributed by atoms with E-state index >= 15 is 0 Å². The highest BCUT2D eigenvalue weighted by atomic mass is 16.5. The first kappa shape index (κ1) is 21.6. The molecule has 2 heterocycles. The van der Waals surface area contributed by atoms with Crippen LogP contribution in [-0.2, 0) is 6.54 Å². The Morgan fingerprint density at radius 3 is 2.59 bits per heavy atom. The highest BCUT2D eigenvalue weighted by Gasteiger charge is 2.33. The number of carbonyl (C=O) groups is 1. The van der Waals surface area contributed by atoms with Gasteiger partial charge in [-0.05, 0) is 48.4 Å². The zero-order valence-corrected chi connectivity index (χ0v) is 19.5. The Balaban J connectivity index is 1.61. The van der Waals surface area contributed by atoms with Crippen LogP contribution in [0.1, 0.15) is 28.4 Å². The lowest BCUT2D eigenvalue weighted by molar-refractivity contribution is 0.194. The summed E-state index contributed by atoms with van der Waals surface area (Å²) in [6.45, 7) is 2.53. The summed E-state index contributed by atoms with van der Waals surface area (Å²) in [5.41, 5.74) is 5.99. The average Bonchev–Trinajstić information content (AvgIpc) is 3.28. The van der Waals surface area contributed by atoms with Crippen molar-refractivity contribution in [1.29, 1.82) is 0 Å². The SMILES string of the molecule is COc1ccc(NC(=O)N2Cc3ccccc3-n3cccc3[C@@H]2c2cccc(C)c2)c(OC)c1. The number of carbonyl (C=O) groups excluding carboxylic acids is 1. The molecule has 5 rings (SSSR count). The van der Waals surface area contributed by atoms with Crippen LogP contribution in [0.3, 0.4) is 0 Å². The number of nitrogens with zero attached hydrogens (tertiary/aromatic N) is 2. The maximum absolute atomic E-state index is 13.9. The van der Waals surface area contributed by atoms with Crippen molar-refractivity contribution in [3.05, 3.63) is 107 Å². The molecule has 0 spiro atoms. The third kappa shape index (κ3) is 3.88. The minimum absolute atomic E-state index is 0.209. The molecule has 2 amide bonds. The number of hydrogen-bond acceptors (Lipinski definition) is 3. The number of anilines is 1. The van der Waals surface area contributed by atoms with Crippen LogP contribution in [0.5, 0.6) is 11.5 Å². The summed E-state index contributed by atoms with van der Waals surface area (Å²) in [5.74, 6) is 1.20. The number of aromatic nitrogens is 1. The molecule has 172 valence electrons. The van der Waals surface area contributed by atoms with Crippen LogP contribution in [0.25, 0.3) is 5.69 Å². The van der Waals surface area contributed by atoms with E-state index in [2.05, 4.69) is 59.4 Å². The highest BCUT2D eigenvalue weighted by Crippen LogP contribution is 2.38. The second kappa shape index (κ2) is 8.98. The summed E-state index contributed by atoms with van der Waals surface area (Å²) in [7, 11) is 3.18. The number of urea groups is 1. The molecule has 6 heteroatoms. The van der Waals surface area contributed by atoms with Crippen molar-refractivity contribution in [3.8, 4) is 17.2 Å². The summed E-state index contributed by atoms with van der Waals surface area (Å²) in [6, 6.07) is 25.6. The van der Waals surface area contributed by atoms with Crippen molar-refractivity contribution in [2.75, 3.05) is 19.5 Å². The molecule has 1 aliphatic heterocycles. The molecule has 1 atom stereocenters. The summed E-state index contributed by atoms with van der Waals surface area (Å²) in [5, 5.41) is 3.08. The molecule has 0 radical (unpaired) electrons. The van der Waals surface area contributed by atoms with Crippen molar-refractivity contribution in [1.82, 2.24) is 9.47 Å². The highest BCUT2D eigenvalue weighted by molar-refractivity contribution is 5.92. The molecule has 0 saturated carbocycles. The van der Waals surface area contributed by atoms with E-state index in [9.17, 15) is 4.79 Å². The minimum Gasteiger partial charge on any atom is -0.497 e. The van der Waals surface area contributed by atoms with Gasteiger partial charge in [0.2, 0.25) is 0 Å². The second-order valence-electron chi connectivity index (χ2n) is 8.37. The van der Waals surface area contributed by atoms with E-state index in [1.807, 2.05) is 29.2 Å². The van der Waals surface area contributed by atoms with Crippen LogP contribution in [0.4, 0.5) is 10.5 Å². The van der Waals surface area contributed by atoms with E-state index < -0.39 is 0 Å².